The molecule has 1 aliphatic heterocycles. The fourth-order valence-electron chi connectivity index (χ4n) is 3.05. The van der Waals surface area contributed by atoms with Crippen LogP contribution in [0.25, 0.3) is 0 Å². The maximum Gasteiger partial charge on any atom is 0.254 e. The number of aromatic nitrogens is 2. The van der Waals surface area contributed by atoms with Crippen molar-refractivity contribution in [3.63, 3.8) is 0 Å². The average molecular weight is 275 g/mol. The molecule has 5 heteroatoms. The highest BCUT2D eigenvalue weighted by molar-refractivity contribution is 5.93. The molecule has 1 amide bonds. The third kappa shape index (κ3) is 2.82. The molecule has 1 N–H and O–H groups in total. The van der Waals surface area contributed by atoms with E-state index in [4.69, 9.17) is 4.74 Å². The number of nitrogens with zero attached hydrogens (tertiary/aromatic N) is 2. The van der Waals surface area contributed by atoms with Crippen LogP contribution >= 0.6 is 0 Å². The number of carbonyl (C=O) groups excluding carboxylic acids is 1. The zero-order valence-corrected chi connectivity index (χ0v) is 11.8. The number of ether oxygens (including phenoxy) is 1. The van der Waals surface area contributed by atoms with Crippen molar-refractivity contribution >= 4 is 11.7 Å². The fraction of sp³-hybridized carbons (Fsp3) is 0.667. The molecule has 108 valence electrons. The second-order valence-electron chi connectivity index (χ2n) is 5.83. The highest BCUT2D eigenvalue weighted by Gasteiger charge is 2.31. The van der Waals surface area contributed by atoms with Gasteiger partial charge in [-0.1, -0.05) is 19.8 Å². The first-order valence-electron chi connectivity index (χ1n) is 7.49. The minimum atomic E-state index is -0.347. The van der Waals surface area contributed by atoms with E-state index in [1.165, 1.54) is 12.8 Å². The maximum absolute atomic E-state index is 12.2. The molecule has 0 aromatic carbocycles. The van der Waals surface area contributed by atoms with E-state index in [9.17, 15) is 4.79 Å². The molecule has 1 saturated carbocycles. The quantitative estimate of drug-likeness (QED) is 0.920. The summed E-state index contributed by atoms with van der Waals surface area (Å²) < 4.78 is 5.47. The largest absolute Gasteiger partial charge is 0.368 e. The van der Waals surface area contributed by atoms with Crippen LogP contribution in [0.15, 0.2) is 12.3 Å². The minimum absolute atomic E-state index is 0.0916. The van der Waals surface area contributed by atoms with Gasteiger partial charge in [0.25, 0.3) is 5.91 Å². The molecular formula is C15H21N3O2. The third-order valence-corrected chi connectivity index (χ3v) is 4.29. The van der Waals surface area contributed by atoms with E-state index in [1.807, 2.05) is 6.92 Å². The molecule has 3 rings (SSSR count). The van der Waals surface area contributed by atoms with Gasteiger partial charge in [0.05, 0.1) is 0 Å². The third-order valence-electron chi connectivity index (χ3n) is 4.29. The van der Waals surface area contributed by atoms with Crippen LogP contribution in [-0.4, -0.2) is 28.6 Å². The standard InChI is InChI=1S/C15H21N3O2/c1-10-7-9-20-13(10)15(19)18-12-6-8-16-14(17-12)11-4-2-3-5-11/h6,8,10-11,13H,2-5,7,9H2,1H3,(H,16,17,18,19)/t10-,13+/m0/s1. The van der Waals surface area contributed by atoms with Gasteiger partial charge >= 0.3 is 0 Å². The molecule has 0 bridgehead atoms. The zero-order chi connectivity index (χ0) is 13.9. The fourth-order valence-corrected chi connectivity index (χ4v) is 3.05. The average Bonchev–Trinajstić information content (AvgIpc) is 3.09. The number of amides is 1. The zero-order valence-electron chi connectivity index (χ0n) is 11.8. The van der Waals surface area contributed by atoms with E-state index in [-0.39, 0.29) is 17.9 Å². The second-order valence-corrected chi connectivity index (χ2v) is 5.83. The summed E-state index contributed by atoms with van der Waals surface area (Å²) in [6.07, 6.45) is 7.13. The van der Waals surface area contributed by atoms with Crippen LogP contribution in [-0.2, 0) is 9.53 Å². The Morgan fingerprint density at radius 3 is 2.85 bits per heavy atom. The number of hydrogen-bond acceptors (Lipinski definition) is 4. The molecule has 5 nitrogen and oxygen atoms in total. The van der Waals surface area contributed by atoms with E-state index >= 15 is 0 Å². The van der Waals surface area contributed by atoms with E-state index in [0.29, 0.717) is 18.3 Å². The first kappa shape index (κ1) is 13.5. The lowest BCUT2D eigenvalue weighted by atomic mass is 10.0. The van der Waals surface area contributed by atoms with Gasteiger partial charge in [0, 0.05) is 18.7 Å². The molecular weight excluding hydrogens is 254 g/mol. The topological polar surface area (TPSA) is 64.1 Å². The van der Waals surface area contributed by atoms with Gasteiger partial charge in [-0.2, -0.15) is 0 Å². The van der Waals surface area contributed by atoms with Gasteiger partial charge in [-0.3, -0.25) is 4.79 Å². The van der Waals surface area contributed by atoms with Crippen LogP contribution in [0.3, 0.4) is 0 Å². The van der Waals surface area contributed by atoms with Gasteiger partial charge in [-0.05, 0) is 31.2 Å². The normalized spacial score (nSPS) is 26.9. The molecule has 1 aliphatic carbocycles. The number of anilines is 1. The number of rotatable bonds is 3. The van der Waals surface area contributed by atoms with Crippen molar-refractivity contribution in [2.45, 2.75) is 51.0 Å². The molecule has 2 atom stereocenters. The van der Waals surface area contributed by atoms with Crippen LogP contribution in [0, 0.1) is 5.92 Å². The molecule has 0 spiro atoms. The summed E-state index contributed by atoms with van der Waals surface area (Å²) in [4.78, 5) is 21.0. The Balaban J connectivity index is 1.67. The van der Waals surface area contributed by atoms with Crippen molar-refractivity contribution in [1.29, 1.82) is 0 Å². The number of carbonyl (C=O) groups is 1. The summed E-state index contributed by atoms with van der Waals surface area (Å²) in [5.74, 6) is 2.08. The van der Waals surface area contributed by atoms with Crippen LogP contribution < -0.4 is 5.32 Å². The molecule has 2 aliphatic rings. The predicted octanol–water partition coefficient (Wildman–Crippen LogP) is 2.50. The Morgan fingerprint density at radius 1 is 1.35 bits per heavy atom. The smallest absolute Gasteiger partial charge is 0.254 e. The maximum atomic E-state index is 12.2. The van der Waals surface area contributed by atoms with Crippen molar-refractivity contribution in [3.05, 3.63) is 18.1 Å². The summed E-state index contributed by atoms with van der Waals surface area (Å²) in [6, 6.07) is 1.75. The molecule has 0 unspecified atom stereocenters. The van der Waals surface area contributed by atoms with Gasteiger partial charge in [-0.15, -0.1) is 0 Å². The highest BCUT2D eigenvalue weighted by atomic mass is 16.5. The Hall–Kier alpha value is -1.49. The Morgan fingerprint density at radius 2 is 2.15 bits per heavy atom. The van der Waals surface area contributed by atoms with Crippen LogP contribution in [0.4, 0.5) is 5.82 Å². The lowest BCUT2D eigenvalue weighted by molar-refractivity contribution is -0.126. The summed E-state index contributed by atoms with van der Waals surface area (Å²) in [5.41, 5.74) is 0. The van der Waals surface area contributed by atoms with Crippen molar-refractivity contribution < 1.29 is 9.53 Å². The summed E-state index contributed by atoms with van der Waals surface area (Å²) in [5, 5.41) is 2.86. The van der Waals surface area contributed by atoms with Crippen molar-refractivity contribution in [1.82, 2.24) is 9.97 Å². The second kappa shape index (κ2) is 5.87. The molecule has 0 radical (unpaired) electrons. The van der Waals surface area contributed by atoms with Gasteiger partial charge in [0.2, 0.25) is 0 Å². The number of nitrogens with one attached hydrogen (secondary N) is 1. The Labute approximate surface area is 119 Å². The van der Waals surface area contributed by atoms with E-state index in [0.717, 1.165) is 25.1 Å². The van der Waals surface area contributed by atoms with E-state index in [2.05, 4.69) is 15.3 Å². The Bertz CT molecular complexity index is 486. The molecule has 2 fully saturated rings. The predicted molar refractivity (Wildman–Crippen MR) is 75.4 cm³/mol. The molecule has 1 saturated heterocycles. The number of hydrogen-bond donors (Lipinski definition) is 1. The van der Waals surface area contributed by atoms with Crippen molar-refractivity contribution in [2.75, 3.05) is 11.9 Å². The minimum Gasteiger partial charge on any atom is -0.368 e. The lowest BCUT2D eigenvalue weighted by Crippen LogP contribution is -2.31. The molecule has 1 aromatic heterocycles. The van der Waals surface area contributed by atoms with Crippen LogP contribution in [0.2, 0.25) is 0 Å². The molecule has 2 heterocycles. The first-order valence-corrected chi connectivity index (χ1v) is 7.49. The van der Waals surface area contributed by atoms with Gasteiger partial charge < -0.3 is 10.1 Å². The van der Waals surface area contributed by atoms with Crippen LogP contribution in [0.5, 0.6) is 0 Å². The van der Waals surface area contributed by atoms with Gasteiger partial charge in [0.15, 0.2) is 0 Å². The van der Waals surface area contributed by atoms with E-state index in [1.54, 1.807) is 12.3 Å². The molecule has 1 aromatic rings. The first-order chi connectivity index (χ1) is 9.74. The molecule has 20 heavy (non-hydrogen) atoms. The highest BCUT2D eigenvalue weighted by Crippen LogP contribution is 2.32. The van der Waals surface area contributed by atoms with Crippen LogP contribution in [0.1, 0.15) is 50.8 Å². The summed E-state index contributed by atoms with van der Waals surface area (Å²) >= 11 is 0. The van der Waals surface area contributed by atoms with Crippen molar-refractivity contribution in [2.24, 2.45) is 5.92 Å². The summed E-state index contributed by atoms with van der Waals surface area (Å²) in [7, 11) is 0. The van der Waals surface area contributed by atoms with Crippen molar-refractivity contribution in [3.8, 4) is 0 Å². The lowest BCUT2D eigenvalue weighted by Gasteiger charge is -2.15. The summed E-state index contributed by atoms with van der Waals surface area (Å²) in [6.45, 7) is 2.71. The van der Waals surface area contributed by atoms with E-state index < -0.39 is 0 Å². The SMILES string of the molecule is C[C@H]1CCO[C@H]1C(=O)Nc1ccnc(C2CCCC2)n1. The van der Waals surface area contributed by atoms with Gasteiger partial charge in [-0.25, -0.2) is 9.97 Å². The van der Waals surface area contributed by atoms with Gasteiger partial charge in [0.1, 0.15) is 17.7 Å². The Kier molecular flexibility index (Phi) is 3.96. The monoisotopic (exact) mass is 275 g/mol.